The molecule has 8 nitrogen and oxygen atoms in total. The third kappa shape index (κ3) is 4.64. The maximum absolute atomic E-state index is 13.8. The van der Waals surface area contributed by atoms with Crippen molar-refractivity contribution in [1.82, 2.24) is 20.1 Å². The fourth-order valence-electron chi connectivity index (χ4n) is 4.46. The van der Waals surface area contributed by atoms with Gasteiger partial charge in [-0.15, -0.1) is 0 Å². The molecule has 0 bridgehead atoms. The van der Waals surface area contributed by atoms with Crippen molar-refractivity contribution < 1.29 is 14.4 Å². The van der Waals surface area contributed by atoms with Crippen molar-refractivity contribution in [2.24, 2.45) is 5.92 Å². The molecule has 1 N–H and O–H groups in total. The number of piperazine rings is 1. The first-order chi connectivity index (χ1) is 14.2. The lowest BCUT2D eigenvalue weighted by molar-refractivity contribution is -0.144. The molecule has 2 fully saturated rings. The molecule has 1 aromatic heterocycles. The van der Waals surface area contributed by atoms with E-state index in [0.29, 0.717) is 38.4 Å². The fraction of sp³-hybridized carbons (Fsp3) is 0.636. The van der Waals surface area contributed by atoms with E-state index in [2.05, 4.69) is 29.0 Å². The van der Waals surface area contributed by atoms with E-state index in [1.165, 1.54) is 6.92 Å². The van der Waals surface area contributed by atoms with Crippen LogP contribution in [-0.4, -0.2) is 77.3 Å². The van der Waals surface area contributed by atoms with Crippen LogP contribution in [0.25, 0.3) is 0 Å². The number of likely N-dealkylation sites (tertiary alicyclic amines) is 1. The largest absolute Gasteiger partial charge is 0.347 e. The molecule has 1 aromatic rings. The Labute approximate surface area is 178 Å². The summed E-state index contributed by atoms with van der Waals surface area (Å²) >= 11 is 0. The summed E-state index contributed by atoms with van der Waals surface area (Å²) in [5.74, 6) is 0.235. The number of nitrogens with zero attached hydrogens (tertiary/aromatic N) is 4. The van der Waals surface area contributed by atoms with E-state index in [0.717, 1.165) is 24.5 Å². The number of nitrogens with one attached hydrogen (secondary N) is 1. The molecule has 0 radical (unpaired) electrons. The fourth-order valence-corrected chi connectivity index (χ4v) is 4.46. The summed E-state index contributed by atoms with van der Waals surface area (Å²) in [6, 6.07) is 3.89. The minimum Gasteiger partial charge on any atom is -0.347 e. The summed E-state index contributed by atoms with van der Waals surface area (Å²) < 4.78 is 0. The lowest BCUT2D eigenvalue weighted by Gasteiger charge is -2.53. The molecular weight excluding hydrogens is 382 g/mol. The molecule has 2 aliphatic heterocycles. The highest BCUT2D eigenvalue weighted by Crippen LogP contribution is 2.36. The molecule has 3 amide bonds. The van der Waals surface area contributed by atoms with E-state index in [1.54, 1.807) is 11.1 Å². The van der Waals surface area contributed by atoms with Gasteiger partial charge in [0.25, 0.3) is 0 Å². The van der Waals surface area contributed by atoms with E-state index in [-0.39, 0.29) is 24.3 Å². The number of anilines is 1. The number of hydrogen-bond acceptors (Lipinski definition) is 5. The zero-order chi connectivity index (χ0) is 21.9. The second-order valence-electron chi connectivity index (χ2n) is 8.78. The molecule has 0 unspecified atom stereocenters. The van der Waals surface area contributed by atoms with Gasteiger partial charge < -0.3 is 15.1 Å². The Balaban J connectivity index is 1.79. The summed E-state index contributed by atoms with van der Waals surface area (Å²) in [5.41, 5.74) is 1.15. The number of rotatable bonds is 5. The quantitative estimate of drug-likeness (QED) is 0.781. The summed E-state index contributed by atoms with van der Waals surface area (Å²) in [4.78, 5) is 47.6. The van der Waals surface area contributed by atoms with Crippen LogP contribution >= 0.6 is 0 Å². The van der Waals surface area contributed by atoms with Crippen LogP contribution < -0.4 is 10.2 Å². The smallest absolute Gasteiger partial charge is 0.247 e. The minimum absolute atomic E-state index is 0.00709. The Hall–Kier alpha value is -2.48. The standard InChI is InChI=1S/C22H33N5O3/c1-16(2)15-26-11-12-27(19-6-5-17(3)23-13-19)21(30)22(26)7-9-25(10-8-22)20(29)14-24-18(4)28/h5-6,13,16H,7-12,14-15H2,1-4H3,(H,24,28). The predicted octanol–water partition coefficient (Wildman–Crippen LogP) is 1.19. The minimum atomic E-state index is -0.599. The highest BCUT2D eigenvalue weighted by molar-refractivity contribution is 6.01. The highest BCUT2D eigenvalue weighted by Gasteiger charge is 2.51. The molecule has 3 heterocycles. The van der Waals surface area contributed by atoms with Crippen LogP contribution in [0.4, 0.5) is 5.69 Å². The zero-order valence-corrected chi connectivity index (χ0v) is 18.5. The number of carbonyl (C=O) groups is 3. The van der Waals surface area contributed by atoms with E-state index in [4.69, 9.17) is 0 Å². The van der Waals surface area contributed by atoms with Crippen LogP contribution in [0.2, 0.25) is 0 Å². The Morgan fingerprint density at radius 3 is 2.43 bits per heavy atom. The zero-order valence-electron chi connectivity index (χ0n) is 18.5. The molecule has 0 aromatic carbocycles. The monoisotopic (exact) mass is 415 g/mol. The molecule has 2 saturated heterocycles. The number of hydrogen-bond donors (Lipinski definition) is 1. The molecule has 1 spiro atoms. The molecule has 164 valence electrons. The van der Waals surface area contributed by atoms with E-state index < -0.39 is 5.54 Å². The SMILES string of the molecule is CC(=O)NCC(=O)N1CCC2(CC1)C(=O)N(c1ccc(C)nc1)CCN2CC(C)C. The summed E-state index contributed by atoms with van der Waals surface area (Å²) in [7, 11) is 0. The maximum Gasteiger partial charge on any atom is 0.247 e. The first-order valence-electron chi connectivity index (χ1n) is 10.7. The number of aryl methyl sites for hydroxylation is 1. The summed E-state index contributed by atoms with van der Waals surface area (Å²) in [5, 5.41) is 2.57. The molecule has 3 rings (SSSR count). The van der Waals surface area contributed by atoms with Gasteiger partial charge in [0, 0.05) is 45.3 Å². The van der Waals surface area contributed by atoms with Gasteiger partial charge in [-0.25, -0.2) is 0 Å². The van der Waals surface area contributed by atoms with Crippen molar-refractivity contribution >= 4 is 23.4 Å². The van der Waals surface area contributed by atoms with Crippen LogP contribution in [0.1, 0.15) is 39.3 Å². The van der Waals surface area contributed by atoms with Crippen molar-refractivity contribution in [3.05, 3.63) is 24.0 Å². The van der Waals surface area contributed by atoms with Crippen LogP contribution in [0.5, 0.6) is 0 Å². The van der Waals surface area contributed by atoms with Crippen molar-refractivity contribution in [3.8, 4) is 0 Å². The van der Waals surface area contributed by atoms with Crippen LogP contribution in [0.3, 0.4) is 0 Å². The van der Waals surface area contributed by atoms with Crippen molar-refractivity contribution in [1.29, 1.82) is 0 Å². The number of pyridine rings is 1. The average Bonchev–Trinajstić information content (AvgIpc) is 2.71. The van der Waals surface area contributed by atoms with Crippen LogP contribution in [0.15, 0.2) is 18.3 Å². The van der Waals surface area contributed by atoms with Crippen molar-refractivity contribution in [2.45, 2.75) is 46.1 Å². The Morgan fingerprint density at radius 2 is 1.87 bits per heavy atom. The van der Waals surface area contributed by atoms with Gasteiger partial charge in [0.05, 0.1) is 18.4 Å². The Morgan fingerprint density at radius 1 is 1.17 bits per heavy atom. The highest BCUT2D eigenvalue weighted by atomic mass is 16.2. The average molecular weight is 416 g/mol. The van der Waals surface area contributed by atoms with E-state index in [1.807, 2.05) is 24.0 Å². The van der Waals surface area contributed by atoms with Gasteiger partial charge in [-0.05, 0) is 37.8 Å². The number of aromatic nitrogens is 1. The number of piperidine rings is 1. The number of amides is 3. The van der Waals surface area contributed by atoms with Crippen LogP contribution in [0, 0.1) is 12.8 Å². The maximum atomic E-state index is 13.8. The first-order valence-corrected chi connectivity index (χ1v) is 10.7. The van der Waals surface area contributed by atoms with E-state index in [9.17, 15) is 14.4 Å². The van der Waals surface area contributed by atoms with Gasteiger partial charge in [-0.3, -0.25) is 24.3 Å². The van der Waals surface area contributed by atoms with Gasteiger partial charge in [0.1, 0.15) is 5.54 Å². The third-order valence-corrected chi connectivity index (χ3v) is 6.07. The first kappa shape index (κ1) is 22.2. The Kier molecular flexibility index (Phi) is 6.75. The molecule has 30 heavy (non-hydrogen) atoms. The predicted molar refractivity (Wildman–Crippen MR) is 115 cm³/mol. The topological polar surface area (TPSA) is 85.8 Å². The second kappa shape index (κ2) is 9.12. The third-order valence-electron chi connectivity index (χ3n) is 6.07. The second-order valence-corrected chi connectivity index (χ2v) is 8.78. The van der Waals surface area contributed by atoms with Gasteiger partial charge in [-0.1, -0.05) is 13.8 Å². The summed E-state index contributed by atoms with van der Waals surface area (Å²) in [6.45, 7) is 11.0. The molecule has 2 aliphatic rings. The lowest BCUT2D eigenvalue weighted by atomic mass is 9.81. The molecule has 8 heteroatoms. The van der Waals surface area contributed by atoms with Crippen LogP contribution in [-0.2, 0) is 14.4 Å². The van der Waals surface area contributed by atoms with Gasteiger partial charge in [-0.2, -0.15) is 0 Å². The summed E-state index contributed by atoms with van der Waals surface area (Å²) in [6.07, 6.45) is 2.96. The molecular formula is C22H33N5O3. The number of carbonyl (C=O) groups excluding carboxylic acids is 3. The molecule has 0 atom stereocenters. The van der Waals surface area contributed by atoms with E-state index >= 15 is 0 Å². The van der Waals surface area contributed by atoms with Gasteiger partial charge in [0.15, 0.2) is 0 Å². The van der Waals surface area contributed by atoms with Crippen molar-refractivity contribution in [2.75, 3.05) is 44.2 Å². The Bertz CT molecular complexity index is 784. The van der Waals surface area contributed by atoms with Gasteiger partial charge in [0.2, 0.25) is 17.7 Å². The van der Waals surface area contributed by atoms with Gasteiger partial charge >= 0.3 is 0 Å². The molecule has 0 saturated carbocycles. The van der Waals surface area contributed by atoms with Crippen molar-refractivity contribution in [3.63, 3.8) is 0 Å². The molecule has 0 aliphatic carbocycles. The lowest BCUT2D eigenvalue weighted by Crippen LogP contribution is -2.69. The normalized spacial score (nSPS) is 19.4.